The molecule has 4 fully saturated rings. The van der Waals surface area contributed by atoms with Gasteiger partial charge in [0.05, 0.1) is 5.41 Å². The van der Waals surface area contributed by atoms with Crippen molar-refractivity contribution < 1.29 is 62.7 Å². The van der Waals surface area contributed by atoms with E-state index in [0.717, 1.165) is 37.0 Å². The summed E-state index contributed by atoms with van der Waals surface area (Å²) in [7, 11) is 0. The van der Waals surface area contributed by atoms with Crippen molar-refractivity contribution in [2.24, 2.45) is 23.2 Å². The van der Waals surface area contributed by atoms with Crippen molar-refractivity contribution >= 4 is 5.97 Å². The first-order chi connectivity index (χ1) is 6.18. The van der Waals surface area contributed by atoms with Crippen molar-refractivity contribution in [1.82, 2.24) is 0 Å². The second kappa shape index (κ2) is 3.84. The van der Waals surface area contributed by atoms with Crippen LogP contribution in [0.15, 0.2) is 0 Å². The van der Waals surface area contributed by atoms with Crippen LogP contribution in [0, 0.1) is 23.2 Å². The molecular weight excluding hydrogens is 203 g/mol. The molecule has 0 amide bonds. The maximum absolute atomic E-state index is 11.3. The molecule has 0 unspecified atom stereocenters. The minimum atomic E-state index is -0.508. The SMILES string of the molecule is O=C(O)C12CC3CC(CC(C3)C1)C2.[H-].[K+]. The molecule has 0 radical (unpaired) electrons. The zero-order valence-corrected chi connectivity index (χ0v) is 12.0. The number of hydrogen-bond donors (Lipinski definition) is 1. The third kappa shape index (κ3) is 1.65. The zero-order valence-electron chi connectivity index (χ0n) is 9.83. The Hall–Kier alpha value is 1.11. The van der Waals surface area contributed by atoms with Crippen LogP contribution in [0.25, 0.3) is 0 Å². The van der Waals surface area contributed by atoms with E-state index < -0.39 is 5.97 Å². The summed E-state index contributed by atoms with van der Waals surface area (Å²) in [5, 5.41) is 9.28. The third-order valence-corrected chi connectivity index (χ3v) is 4.49. The molecule has 0 aliphatic heterocycles. The van der Waals surface area contributed by atoms with E-state index in [0.29, 0.717) is 0 Å². The van der Waals surface area contributed by atoms with Crippen molar-refractivity contribution in [3.05, 3.63) is 0 Å². The minimum Gasteiger partial charge on any atom is -1.00 e. The average molecular weight is 220 g/mol. The Labute approximate surface area is 129 Å². The molecule has 4 saturated carbocycles. The van der Waals surface area contributed by atoms with Crippen molar-refractivity contribution in [3.8, 4) is 0 Å². The molecule has 0 aromatic heterocycles. The quantitative estimate of drug-likeness (QED) is 0.600. The van der Waals surface area contributed by atoms with Gasteiger partial charge in [0.2, 0.25) is 0 Å². The maximum Gasteiger partial charge on any atom is 1.00 e. The molecule has 4 bridgehead atoms. The smallest absolute Gasteiger partial charge is 1.00 e. The fourth-order valence-electron chi connectivity index (χ4n) is 4.37. The fraction of sp³-hybridized carbons (Fsp3) is 0.909. The number of aliphatic carboxylic acids is 1. The number of carboxylic acid groups (broad SMARTS) is 1. The van der Waals surface area contributed by atoms with Crippen molar-refractivity contribution in [3.63, 3.8) is 0 Å². The molecule has 14 heavy (non-hydrogen) atoms. The molecule has 0 atom stereocenters. The van der Waals surface area contributed by atoms with E-state index in [2.05, 4.69) is 0 Å². The molecule has 4 aliphatic rings. The van der Waals surface area contributed by atoms with Gasteiger partial charge in [-0.3, -0.25) is 4.79 Å². The standard InChI is InChI=1S/C11H16O2.K.H/c12-10(13)11-4-7-1-8(5-11)3-9(2-7)6-11;;/h7-9H,1-6H2,(H,12,13);;/q;+1;-1. The van der Waals surface area contributed by atoms with Gasteiger partial charge in [0.1, 0.15) is 0 Å². The topological polar surface area (TPSA) is 37.3 Å². The summed E-state index contributed by atoms with van der Waals surface area (Å²) in [4.78, 5) is 11.3. The molecule has 4 rings (SSSR count). The van der Waals surface area contributed by atoms with Crippen LogP contribution in [0.2, 0.25) is 0 Å². The van der Waals surface area contributed by atoms with Crippen molar-refractivity contribution in [1.29, 1.82) is 0 Å². The van der Waals surface area contributed by atoms with E-state index >= 15 is 0 Å². The summed E-state index contributed by atoms with van der Waals surface area (Å²) in [5.74, 6) is 1.75. The zero-order chi connectivity index (χ0) is 9.05. The van der Waals surface area contributed by atoms with Gasteiger partial charge in [0, 0.05) is 0 Å². The van der Waals surface area contributed by atoms with Gasteiger partial charge in [0.15, 0.2) is 0 Å². The normalized spacial score (nSPS) is 48.7. The molecule has 3 heteroatoms. The van der Waals surface area contributed by atoms with Gasteiger partial charge in [-0.1, -0.05) is 0 Å². The van der Waals surface area contributed by atoms with Crippen LogP contribution < -0.4 is 51.4 Å². The molecule has 74 valence electrons. The van der Waals surface area contributed by atoms with Gasteiger partial charge in [-0.25, -0.2) is 0 Å². The van der Waals surface area contributed by atoms with Gasteiger partial charge in [-0.05, 0) is 56.3 Å². The van der Waals surface area contributed by atoms with E-state index in [-0.39, 0.29) is 58.2 Å². The molecule has 0 heterocycles. The monoisotopic (exact) mass is 220 g/mol. The van der Waals surface area contributed by atoms with Crippen LogP contribution >= 0.6 is 0 Å². The van der Waals surface area contributed by atoms with Crippen LogP contribution in [-0.4, -0.2) is 11.1 Å². The summed E-state index contributed by atoms with van der Waals surface area (Å²) in [6, 6.07) is 0. The van der Waals surface area contributed by atoms with E-state index in [4.69, 9.17) is 0 Å². The maximum atomic E-state index is 11.3. The number of hydrogen-bond acceptors (Lipinski definition) is 1. The first-order valence-corrected chi connectivity index (χ1v) is 5.41. The van der Waals surface area contributed by atoms with Crippen LogP contribution in [0.3, 0.4) is 0 Å². The second-order valence-electron chi connectivity index (χ2n) is 5.50. The van der Waals surface area contributed by atoms with E-state index in [9.17, 15) is 9.90 Å². The third-order valence-electron chi connectivity index (χ3n) is 4.49. The van der Waals surface area contributed by atoms with Crippen molar-refractivity contribution in [2.45, 2.75) is 38.5 Å². The van der Waals surface area contributed by atoms with Crippen LogP contribution in [0.1, 0.15) is 40.0 Å². The van der Waals surface area contributed by atoms with Gasteiger partial charge in [-0.15, -0.1) is 0 Å². The molecule has 0 saturated heterocycles. The van der Waals surface area contributed by atoms with Crippen LogP contribution in [0.5, 0.6) is 0 Å². The van der Waals surface area contributed by atoms with Crippen molar-refractivity contribution in [2.75, 3.05) is 0 Å². The number of rotatable bonds is 1. The predicted octanol–water partition coefficient (Wildman–Crippen LogP) is -0.596. The summed E-state index contributed by atoms with van der Waals surface area (Å²) in [6.45, 7) is 0. The summed E-state index contributed by atoms with van der Waals surface area (Å²) in [6.07, 6.45) is 6.92. The molecule has 0 aromatic rings. The molecule has 1 N–H and O–H groups in total. The molecular formula is C11H17KO2. The van der Waals surface area contributed by atoms with Crippen LogP contribution in [0.4, 0.5) is 0 Å². The van der Waals surface area contributed by atoms with E-state index in [1.54, 1.807) is 0 Å². The summed E-state index contributed by atoms with van der Waals surface area (Å²) < 4.78 is 0. The first-order valence-electron chi connectivity index (χ1n) is 5.41. The Morgan fingerprint density at radius 1 is 1.07 bits per heavy atom. The fourth-order valence-corrected chi connectivity index (χ4v) is 4.37. The van der Waals surface area contributed by atoms with E-state index in [1.165, 1.54) is 19.3 Å². The molecule has 0 aromatic carbocycles. The van der Waals surface area contributed by atoms with Gasteiger partial charge in [-0.2, -0.15) is 0 Å². The minimum absolute atomic E-state index is 0. The largest absolute Gasteiger partial charge is 1.00 e. The number of carbonyl (C=O) groups is 1. The number of carboxylic acids is 1. The second-order valence-corrected chi connectivity index (χ2v) is 5.50. The summed E-state index contributed by atoms with van der Waals surface area (Å²) >= 11 is 0. The van der Waals surface area contributed by atoms with Crippen LogP contribution in [-0.2, 0) is 4.79 Å². The first kappa shape index (κ1) is 11.6. The van der Waals surface area contributed by atoms with Gasteiger partial charge < -0.3 is 6.53 Å². The Morgan fingerprint density at radius 2 is 1.43 bits per heavy atom. The Morgan fingerprint density at radius 3 is 1.71 bits per heavy atom. The van der Waals surface area contributed by atoms with Gasteiger partial charge >= 0.3 is 57.4 Å². The molecule has 4 aliphatic carbocycles. The Balaban J connectivity index is 0.000000562. The van der Waals surface area contributed by atoms with Gasteiger partial charge in [0.25, 0.3) is 0 Å². The summed E-state index contributed by atoms with van der Waals surface area (Å²) in [5.41, 5.74) is -0.283. The Kier molecular flexibility index (Phi) is 3.18. The molecule has 2 nitrogen and oxygen atoms in total. The van der Waals surface area contributed by atoms with E-state index in [1.807, 2.05) is 0 Å². The predicted molar refractivity (Wildman–Crippen MR) is 49.4 cm³/mol. The Bertz CT molecular complexity index is 232. The molecule has 0 spiro atoms. The average Bonchev–Trinajstić information content (AvgIpc) is 2.00.